The highest BCUT2D eigenvalue weighted by Gasteiger charge is 2.22. The lowest BCUT2D eigenvalue weighted by molar-refractivity contribution is 0.317. The van der Waals surface area contributed by atoms with Crippen LogP contribution in [0.2, 0.25) is 0 Å². The highest BCUT2D eigenvalue weighted by Crippen LogP contribution is 2.36. The van der Waals surface area contributed by atoms with Crippen LogP contribution in [-0.2, 0) is 12.8 Å². The minimum atomic E-state index is 0.199. The molecule has 2 aromatic rings. The zero-order valence-corrected chi connectivity index (χ0v) is 13.1. The molecule has 110 valence electrons. The molecule has 1 aliphatic rings. The smallest absolute Gasteiger partial charge is 0.119 e. The van der Waals surface area contributed by atoms with E-state index in [0.29, 0.717) is 5.25 Å². The van der Waals surface area contributed by atoms with Gasteiger partial charge in [0.2, 0.25) is 0 Å². The van der Waals surface area contributed by atoms with E-state index >= 15 is 0 Å². The van der Waals surface area contributed by atoms with Gasteiger partial charge >= 0.3 is 0 Å². The summed E-state index contributed by atoms with van der Waals surface area (Å²) in [6.45, 7) is 2.78. The maximum absolute atomic E-state index is 5.93. The van der Waals surface area contributed by atoms with Crippen LogP contribution in [-0.4, -0.2) is 17.9 Å². The standard InChI is InChI=1S/C18H21NOS/c1-13(19)10-14-6-8-16(9-7-14)20-12-17-11-15-4-2-3-5-18(15)21-17/h2-9,13,17H,10-12,19H2,1H3. The quantitative estimate of drug-likeness (QED) is 0.915. The van der Waals surface area contributed by atoms with E-state index in [0.717, 1.165) is 25.2 Å². The maximum atomic E-state index is 5.93. The lowest BCUT2D eigenvalue weighted by Gasteiger charge is -2.12. The summed E-state index contributed by atoms with van der Waals surface area (Å²) in [5, 5.41) is 0.520. The molecule has 0 saturated heterocycles. The van der Waals surface area contributed by atoms with Crippen LogP contribution in [0.4, 0.5) is 0 Å². The van der Waals surface area contributed by atoms with Crippen molar-refractivity contribution < 1.29 is 4.74 Å². The van der Waals surface area contributed by atoms with Crippen molar-refractivity contribution in [3.8, 4) is 5.75 Å². The second kappa shape index (κ2) is 6.54. The molecule has 0 fully saturated rings. The molecule has 1 heterocycles. The van der Waals surface area contributed by atoms with Gasteiger partial charge in [0.15, 0.2) is 0 Å². The summed E-state index contributed by atoms with van der Waals surface area (Å²) < 4.78 is 5.93. The van der Waals surface area contributed by atoms with Crippen molar-refractivity contribution >= 4 is 11.8 Å². The first-order chi connectivity index (χ1) is 10.2. The molecular weight excluding hydrogens is 278 g/mol. The number of hydrogen-bond acceptors (Lipinski definition) is 3. The molecule has 2 unspecified atom stereocenters. The van der Waals surface area contributed by atoms with E-state index < -0.39 is 0 Å². The van der Waals surface area contributed by atoms with Gasteiger partial charge in [-0.3, -0.25) is 0 Å². The topological polar surface area (TPSA) is 35.2 Å². The summed E-state index contributed by atoms with van der Waals surface area (Å²) >= 11 is 1.93. The molecule has 21 heavy (non-hydrogen) atoms. The molecule has 0 aromatic heterocycles. The summed E-state index contributed by atoms with van der Waals surface area (Å²) in [5.74, 6) is 0.944. The van der Waals surface area contributed by atoms with Gasteiger partial charge in [-0.1, -0.05) is 30.3 Å². The molecule has 0 bridgehead atoms. The Bertz CT molecular complexity index is 569. The molecule has 3 rings (SSSR count). The Kier molecular flexibility index (Phi) is 4.51. The lowest BCUT2D eigenvalue weighted by Crippen LogP contribution is -2.17. The van der Waals surface area contributed by atoms with Crippen molar-refractivity contribution in [2.75, 3.05) is 6.61 Å². The van der Waals surface area contributed by atoms with Gasteiger partial charge < -0.3 is 10.5 Å². The van der Waals surface area contributed by atoms with E-state index in [1.165, 1.54) is 16.0 Å². The first-order valence-corrected chi connectivity index (χ1v) is 8.30. The zero-order valence-electron chi connectivity index (χ0n) is 12.3. The van der Waals surface area contributed by atoms with E-state index in [-0.39, 0.29) is 6.04 Å². The number of ether oxygens (including phenoxy) is 1. The highest BCUT2D eigenvalue weighted by atomic mass is 32.2. The van der Waals surface area contributed by atoms with Crippen molar-refractivity contribution in [2.24, 2.45) is 5.73 Å². The minimum absolute atomic E-state index is 0.199. The Morgan fingerprint density at radius 3 is 2.67 bits per heavy atom. The highest BCUT2D eigenvalue weighted by molar-refractivity contribution is 8.00. The van der Waals surface area contributed by atoms with Crippen molar-refractivity contribution in [3.63, 3.8) is 0 Å². The second-order valence-electron chi connectivity index (χ2n) is 5.69. The molecule has 0 spiro atoms. The normalized spacial score (nSPS) is 18.3. The number of rotatable bonds is 5. The fourth-order valence-electron chi connectivity index (χ4n) is 2.63. The Hall–Kier alpha value is -1.45. The van der Waals surface area contributed by atoms with Crippen LogP contribution < -0.4 is 10.5 Å². The maximum Gasteiger partial charge on any atom is 0.119 e. The molecule has 0 radical (unpaired) electrons. The molecule has 2 atom stereocenters. The van der Waals surface area contributed by atoms with Gasteiger partial charge in [-0.2, -0.15) is 0 Å². The van der Waals surface area contributed by atoms with Gasteiger partial charge in [0.05, 0.1) is 0 Å². The summed E-state index contributed by atoms with van der Waals surface area (Å²) in [7, 11) is 0. The van der Waals surface area contributed by atoms with Crippen LogP contribution in [0.5, 0.6) is 5.75 Å². The summed E-state index contributed by atoms with van der Waals surface area (Å²) in [6, 6.07) is 17.1. The van der Waals surface area contributed by atoms with Crippen molar-refractivity contribution in [1.29, 1.82) is 0 Å². The van der Waals surface area contributed by atoms with Gasteiger partial charge in [0.25, 0.3) is 0 Å². The fourth-order valence-corrected chi connectivity index (χ4v) is 3.85. The van der Waals surface area contributed by atoms with Crippen LogP contribution in [0.3, 0.4) is 0 Å². The Labute approximate surface area is 130 Å². The first-order valence-electron chi connectivity index (χ1n) is 7.42. The molecule has 0 amide bonds. The Morgan fingerprint density at radius 2 is 1.95 bits per heavy atom. The fraction of sp³-hybridized carbons (Fsp3) is 0.333. The third-order valence-corrected chi connectivity index (χ3v) is 4.92. The average molecular weight is 299 g/mol. The Morgan fingerprint density at radius 1 is 1.19 bits per heavy atom. The third kappa shape index (κ3) is 3.80. The largest absolute Gasteiger partial charge is 0.492 e. The third-order valence-electron chi connectivity index (χ3n) is 3.63. The molecule has 2 nitrogen and oxygen atoms in total. The van der Waals surface area contributed by atoms with Crippen molar-refractivity contribution in [1.82, 2.24) is 0 Å². The predicted molar refractivity (Wildman–Crippen MR) is 89.1 cm³/mol. The van der Waals surface area contributed by atoms with Gasteiger partial charge in [-0.15, -0.1) is 11.8 Å². The van der Waals surface area contributed by atoms with Crippen molar-refractivity contribution in [2.45, 2.75) is 36.0 Å². The van der Waals surface area contributed by atoms with E-state index in [1.54, 1.807) is 0 Å². The molecule has 0 aliphatic carbocycles. The van der Waals surface area contributed by atoms with Crippen LogP contribution in [0.1, 0.15) is 18.1 Å². The molecule has 2 aromatic carbocycles. The molecule has 1 aliphatic heterocycles. The first kappa shape index (κ1) is 14.5. The van der Waals surface area contributed by atoms with Crippen LogP contribution in [0.25, 0.3) is 0 Å². The molecule has 0 saturated carbocycles. The van der Waals surface area contributed by atoms with E-state index in [9.17, 15) is 0 Å². The SMILES string of the molecule is CC(N)Cc1ccc(OCC2Cc3ccccc3S2)cc1. The lowest BCUT2D eigenvalue weighted by atomic mass is 10.1. The number of fused-ring (bicyclic) bond motifs is 1. The van der Waals surface area contributed by atoms with Crippen LogP contribution >= 0.6 is 11.8 Å². The van der Waals surface area contributed by atoms with E-state index in [1.807, 2.05) is 30.8 Å². The van der Waals surface area contributed by atoms with Gasteiger partial charge in [0, 0.05) is 16.2 Å². The molecule has 3 heteroatoms. The minimum Gasteiger partial charge on any atom is -0.492 e. The average Bonchev–Trinajstić information content (AvgIpc) is 2.89. The van der Waals surface area contributed by atoms with Crippen LogP contribution in [0, 0.1) is 0 Å². The van der Waals surface area contributed by atoms with Gasteiger partial charge in [0.1, 0.15) is 12.4 Å². The van der Waals surface area contributed by atoms with Gasteiger partial charge in [-0.05, 0) is 49.1 Å². The zero-order chi connectivity index (χ0) is 14.7. The second-order valence-corrected chi connectivity index (χ2v) is 7.03. The van der Waals surface area contributed by atoms with E-state index in [4.69, 9.17) is 10.5 Å². The van der Waals surface area contributed by atoms with Crippen LogP contribution in [0.15, 0.2) is 53.4 Å². The number of nitrogens with two attached hydrogens (primary N) is 1. The predicted octanol–water partition coefficient (Wildman–Crippen LogP) is 3.67. The summed E-state index contributed by atoms with van der Waals surface area (Å²) in [6.07, 6.45) is 2.01. The van der Waals surface area contributed by atoms with E-state index in [2.05, 4.69) is 36.4 Å². The summed E-state index contributed by atoms with van der Waals surface area (Å²) in [4.78, 5) is 1.40. The monoisotopic (exact) mass is 299 g/mol. The number of benzene rings is 2. The number of thioether (sulfide) groups is 1. The van der Waals surface area contributed by atoms with Gasteiger partial charge in [-0.25, -0.2) is 0 Å². The number of hydrogen-bond donors (Lipinski definition) is 1. The summed E-state index contributed by atoms with van der Waals surface area (Å²) in [5.41, 5.74) is 8.52. The van der Waals surface area contributed by atoms with Crippen molar-refractivity contribution in [3.05, 3.63) is 59.7 Å². The molecular formula is C18H21NOS. The molecule has 2 N–H and O–H groups in total. The Balaban J connectivity index is 1.52.